The second-order valence-corrected chi connectivity index (χ2v) is 17.3. The second-order valence-electron chi connectivity index (χ2n) is 17.3. The van der Waals surface area contributed by atoms with Crippen LogP contribution in [-0.4, -0.2) is 0 Å². The lowest BCUT2D eigenvalue weighted by Crippen LogP contribution is -2.07. The van der Waals surface area contributed by atoms with Crippen molar-refractivity contribution in [2.75, 3.05) is 0 Å². The van der Waals surface area contributed by atoms with Gasteiger partial charge in [-0.05, 0) is 139 Å². The molecular weight excluding hydrogens is 675 g/mol. The zero-order chi connectivity index (χ0) is 40.8. The van der Waals surface area contributed by atoms with Crippen LogP contribution in [0.2, 0.25) is 0 Å². The zero-order valence-electron chi connectivity index (χ0n) is 36.1. The van der Waals surface area contributed by atoms with Crippen LogP contribution in [0.4, 0.5) is 8.78 Å². The Labute approximate surface area is 335 Å². The molecule has 5 aromatic carbocycles. The number of hydrogen-bond acceptors (Lipinski definition) is 0. The first kappa shape index (κ1) is 47.1. The normalized spacial score (nSPS) is 11.9. The molecule has 0 atom stereocenters. The summed E-state index contributed by atoms with van der Waals surface area (Å²) in [4.78, 5) is 0. The van der Waals surface area contributed by atoms with Crippen molar-refractivity contribution in [3.8, 4) is 0 Å². The van der Waals surface area contributed by atoms with Crippen molar-refractivity contribution >= 4 is 0 Å². The maximum Gasteiger partial charge on any atom is 0.123 e. The molecule has 0 bridgehead atoms. The van der Waals surface area contributed by atoms with E-state index in [2.05, 4.69) is 155 Å². The fraction of sp³-hybridized carbons (Fsp3) is 0.434. The Kier molecular flexibility index (Phi) is 22.2. The van der Waals surface area contributed by atoms with Gasteiger partial charge < -0.3 is 0 Å². The Morgan fingerprint density at radius 3 is 1.25 bits per heavy atom. The van der Waals surface area contributed by atoms with Gasteiger partial charge in [0.2, 0.25) is 0 Å². The van der Waals surface area contributed by atoms with E-state index < -0.39 is 0 Å². The van der Waals surface area contributed by atoms with Crippen LogP contribution < -0.4 is 0 Å². The summed E-state index contributed by atoms with van der Waals surface area (Å²) in [6, 6.07) is 41.7. The minimum Gasteiger partial charge on any atom is -0.207 e. The number of rotatable bonds is 9. The van der Waals surface area contributed by atoms with E-state index in [1.807, 2.05) is 18.2 Å². The van der Waals surface area contributed by atoms with Crippen LogP contribution in [0.5, 0.6) is 0 Å². The van der Waals surface area contributed by atoms with Gasteiger partial charge in [-0.3, -0.25) is 0 Å². The molecule has 0 N–H and O–H groups in total. The van der Waals surface area contributed by atoms with E-state index in [1.54, 1.807) is 23.3 Å². The molecular formula is C53H72F2. The van der Waals surface area contributed by atoms with Crippen LogP contribution in [0.1, 0.15) is 108 Å². The van der Waals surface area contributed by atoms with E-state index in [0.29, 0.717) is 11.8 Å². The summed E-state index contributed by atoms with van der Waals surface area (Å²) in [6.07, 6.45) is 6.97. The highest BCUT2D eigenvalue weighted by Gasteiger charge is 2.22. The largest absolute Gasteiger partial charge is 0.207 e. The lowest BCUT2D eigenvalue weighted by atomic mass is 9.93. The van der Waals surface area contributed by atoms with Gasteiger partial charge in [-0.25, -0.2) is 8.78 Å². The van der Waals surface area contributed by atoms with Crippen molar-refractivity contribution in [2.24, 2.45) is 35.5 Å². The quantitative estimate of drug-likeness (QED) is 0.141. The molecule has 0 heterocycles. The fourth-order valence-electron chi connectivity index (χ4n) is 6.69. The van der Waals surface area contributed by atoms with Crippen LogP contribution in [0.3, 0.4) is 0 Å². The fourth-order valence-corrected chi connectivity index (χ4v) is 6.69. The van der Waals surface area contributed by atoms with E-state index in [-0.39, 0.29) is 11.6 Å². The summed E-state index contributed by atoms with van der Waals surface area (Å²) >= 11 is 0. The van der Waals surface area contributed by atoms with Crippen LogP contribution in [0, 0.1) is 54.1 Å². The predicted molar refractivity (Wildman–Crippen MR) is 237 cm³/mol. The van der Waals surface area contributed by atoms with Crippen LogP contribution in [0.15, 0.2) is 127 Å². The van der Waals surface area contributed by atoms with E-state index in [4.69, 9.17) is 0 Å². The van der Waals surface area contributed by atoms with E-state index in [9.17, 15) is 8.78 Å². The molecule has 55 heavy (non-hydrogen) atoms. The van der Waals surface area contributed by atoms with Crippen molar-refractivity contribution < 1.29 is 8.78 Å². The summed E-state index contributed by atoms with van der Waals surface area (Å²) in [5.74, 6) is 4.19. The Morgan fingerprint density at radius 2 is 0.818 bits per heavy atom. The first-order chi connectivity index (χ1) is 26.1. The zero-order valence-corrected chi connectivity index (χ0v) is 36.1. The number of benzene rings is 5. The molecule has 0 saturated carbocycles. The Balaban J connectivity index is 0.000000238. The Morgan fingerprint density at radius 1 is 0.418 bits per heavy atom. The summed E-state index contributed by atoms with van der Waals surface area (Å²) in [5.41, 5.74) is 9.72. The molecule has 2 heteroatoms. The SMILES string of the molecule is CC(C)C1Cc2ccccc2C1.CC(C)Cc1ccc(F)cc1.CC(C)Cc1cccc(F)c1.CC(C)Cc1ccccc1.Cc1cccc(CC(C)C)c1. The van der Waals surface area contributed by atoms with Gasteiger partial charge in [0, 0.05) is 0 Å². The topological polar surface area (TPSA) is 0 Å². The third kappa shape index (κ3) is 21.6. The lowest BCUT2D eigenvalue weighted by molar-refractivity contribution is 0.404. The van der Waals surface area contributed by atoms with Gasteiger partial charge in [-0.15, -0.1) is 0 Å². The van der Waals surface area contributed by atoms with Gasteiger partial charge in [0.05, 0.1) is 0 Å². The molecule has 0 fully saturated rings. The van der Waals surface area contributed by atoms with Gasteiger partial charge in [0.1, 0.15) is 11.6 Å². The first-order valence-corrected chi connectivity index (χ1v) is 20.8. The van der Waals surface area contributed by atoms with Crippen molar-refractivity contribution in [1.29, 1.82) is 0 Å². The third-order valence-electron chi connectivity index (χ3n) is 9.33. The van der Waals surface area contributed by atoms with E-state index in [0.717, 1.165) is 42.1 Å². The molecule has 6 rings (SSSR count). The molecule has 0 saturated heterocycles. The van der Waals surface area contributed by atoms with Gasteiger partial charge in [0.25, 0.3) is 0 Å². The maximum absolute atomic E-state index is 12.6. The molecule has 0 amide bonds. The molecule has 0 nitrogen and oxygen atoms in total. The monoisotopic (exact) mass is 747 g/mol. The highest BCUT2D eigenvalue weighted by molar-refractivity contribution is 5.32. The summed E-state index contributed by atoms with van der Waals surface area (Å²) < 4.78 is 25.0. The molecule has 1 aliphatic carbocycles. The molecule has 298 valence electrons. The summed E-state index contributed by atoms with van der Waals surface area (Å²) in [7, 11) is 0. The Hall–Kier alpha value is -4.04. The molecule has 1 aliphatic rings. The first-order valence-electron chi connectivity index (χ1n) is 20.8. The molecule has 0 unspecified atom stereocenters. The van der Waals surface area contributed by atoms with Crippen molar-refractivity contribution in [3.05, 3.63) is 178 Å². The van der Waals surface area contributed by atoms with Crippen LogP contribution >= 0.6 is 0 Å². The number of fused-ring (bicyclic) bond motifs is 1. The van der Waals surface area contributed by atoms with Crippen molar-refractivity contribution in [3.63, 3.8) is 0 Å². The van der Waals surface area contributed by atoms with Gasteiger partial charge in [-0.2, -0.15) is 0 Å². The van der Waals surface area contributed by atoms with Gasteiger partial charge >= 0.3 is 0 Å². The van der Waals surface area contributed by atoms with E-state index in [1.165, 1.54) is 66.1 Å². The number of halogens is 2. The van der Waals surface area contributed by atoms with Crippen LogP contribution in [-0.2, 0) is 38.5 Å². The minimum absolute atomic E-state index is 0.136. The smallest absolute Gasteiger partial charge is 0.123 e. The molecule has 0 aromatic heterocycles. The molecule has 0 spiro atoms. The number of aryl methyl sites for hydroxylation is 1. The average Bonchev–Trinajstić information content (AvgIpc) is 3.55. The number of hydrogen-bond donors (Lipinski definition) is 0. The van der Waals surface area contributed by atoms with Crippen LogP contribution in [0.25, 0.3) is 0 Å². The molecule has 0 aliphatic heterocycles. The molecule has 0 radical (unpaired) electrons. The van der Waals surface area contributed by atoms with Crippen molar-refractivity contribution in [2.45, 2.75) is 115 Å². The highest BCUT2D eigenvalue weighted by Crippen LogP contribution is 2.30. The summed E-state index contributed by atoms with van der Waals surface area (Å²) in [6.45, 7) is 24.4. The molecule has 5 aromatic rings. The van der Waals surface area contributed by atoms with Crippen molar-refractivity contribution in [1.82, 2.24) is 0 Å². The summed E-state index contributed by atoms with van der Waals surface area (Å²) in [5, 5.41) is 0. The average molecular weight is 747 g/mol. The highest BCUT2D eigenvalue weighted by atomic mass is 19.1. The predicted octanol–water partition coefficient (Wildman–Crippen LogP) is 15.2. The minimum atomic E-state index is -0.155. The third-order valence-corrected chi connectivity index (χ3v) is 9.33. The standard InChI is InChI=1S/C12H16.C11H16.2C10H13F.C10H14/c1-9(2)12-7-10-5-3-4-6-11(10)8-12;1-9(2)7-11-6-4-5-10(3)8-11;1-8(2)7-9-3-5-10(11)6-4-9;1-8(2)6-9-4-3-5-10(11)7-9;1-9(2)8-10-6-4-3-5-7-10/h3-6,9,12H,7-8H2,1-2H3;4-6,8-9H,7H2,1-3H3;3-6,8H,7H2,1-2H3;3-5,7-8H,6H2,1-2H3;3-7,9H,8H2,1-2H3. The van der Waals surface area contributed by atoms with Gasteiger partial charge in [0.15, 0.2) is 0 Å². The lowest BCUT2D eigenvalue weighted by Gasteiger charge is -2.12. The van der Waals surface area contributed by atoms with Gasteiger partial charge in [-0.1, -0.05) is 178 Å². The maximum atomic E-state index is 12.6. The van der Waals surface area contributed by atoms with E-state index >= 15 is 0 Å². The Bertz CT molecular complexity index is 1640. The second kappa shape index (κ2) is 25.9.